The van der Waals surface area contributed by atoms with Gasteiger partial charge in [0.1, 0.15) is 0 Å². The second-order valence-electron chi connectivity index (χ2n) is 18.2. The van der Waals surface area contributed by atoms with Gasteiger partial charge >= 0.3 is 0 Å². The van der Waals surface area contributed by atoms with Crippen molar-refractivity contribution in [3.63, 3.8) is 0 Å². The van der Waals surface area contributed by atoms with E-state index in [0.717, 1.165) is 67.1 Å². The zero-order chi connectivity index (χ0) is 45.0. The monoisotopic (exact) mass is 1050 g/mol. The van der Waals surface area contributed by atoms with Crippen molar-refractivity contribution < 1.29 is 24.5 Å². The van der Waals surface area contributed by atoms with E-state index in [-0.39, 0.29) is 31.9 Å². The van der Waals surface area contributed by atoms with Crippen LogP contribution in [0.1, 0.15) is 94.2 Å². The number of rotatable bonds is 9. The molecule has 10 aromatic rings. The van der Waals surface area contributed by atoms with E-state index >= 15 is 0 Å². The maximum absolute atomic E-state index is 6.75. The molecule has 0 aliphatic heterocycles. The standard InChI is InChI=1S/C51H47N2O.C11H8N.Ir/c1-33(2)43-29-40(36-18-10-6-11-19-36)30-44(34(3)4)49(43)53-47-23-15-14-22-46(47)52-51(53)42-28-41-32-48(39-20-12-7-13-21-39)54-50(41)45(31-42)38-26-24-37(25-27-38)35-16-8-5-9-17-35;1-2-6-10(7-3-1)11-8-4-5-9-12-11;/h6-7,10-15,18-27,29-35H,5,8-9,16-17H2,1-4H3;1-6,8-9H;/q2*-1;. The zero-order valence-corrected chi connectivity index (χ0v) is 41.1. The van der Waals surface area contributed by atoms with Crippen LogP contribution < -0.4 is 0 Å². The molecule has 7 aromatic carbocycles. The van der Waals surface area contributed by atoms with Crippen LogP contribution >= 0.6 is 0 Å². The zero-order valence-electron chi connectivity index (χ0n) is 38.7. The van der Waals surface area contributed by atoms with Gasteiger partial charge in [0.05, 0.1) is 28.2 Å². The van der Waals surface area contributed by atoms with Crippen molar-refractivity contribution >= 4 is 22.0 Å². The Hall–Kier alpha value is -6.65. The fourth-order valence-electron chi connectivity index (χ4n) is 9.65. The summed E-state index contributed by atoms with van der Waals surface area (Å²) >= 11 is 0. The Morgan fingerprint density at radius 3 is 1.91 bits per heavy atom. The van der Waals surface area contributed by atoms with Crippen molar-refractivity contribution in [3.8, 4) is 61.9 Å². The first-order valence-electron chi connectivity index (χ1n) is 23.6. The van der Waals surface area contributed by atoms with E-state index in [0.29, 0.717) is 5.92 Å². The Labute approximate surface area is 409 Å². The van der Waals surface area contributed by atoms with Crippen LogP contribution in [0.3, 0.4) is 0 Å². The van der Waals surface area contributed by atoms with Gasteiger partial charge in [-0.25, -0.2) is 0 Å². The van der Waals surface area contributed by atoms with E-state index in [1.54, 1.807) is 6.20 Å². The number of para-hydroxylation sites is 2. The number of imidazole rings is 1. The average Bonchev–Trinajstić information content (AvgIpc) is 4.00. The Balaban J connectivity index is 0.000000375. The third-order valence-corrected chi connectivity index (χ3v) is 13.1. The number of nitrogens with zero attached hydrogens (tertiary/aromatic N) is 3. The number of pyridine rings is 1. The van der Waals surface area contributed by atoms with Gasteiger partial charge < -0.3 is 14.0 Å². The Morgan fingerprint density at radius 2 is 1.25 bits per heavy atom. The molecule has 335 valence electrons. The molecule has 3 aromatic heterocycles. The summed E-state index contributed by atoms with van der Waals surface area (Å²) in [6, 6.07) is 68.8. The molecule has 1 aliphatic carbocycles. The first-order chi connectivity index (χ1) is 32.4. The molecule has 0 saturated heterocycles. The second kappa shape index (κ2) is 20.5. The van der Waals surface area contributed by atoms with Crippen LogP contribution in [0.5, 0.6) is 0 Å². The molecule has 5 heteroatoms. The largest absolute Gasteiger partial charge is 0.499 e. The second-order valence-corrected chi connectivity index (χ2v) is 18.2. The van der Waals surface area contributed by atoms with Crippen LogP contribution in [-0.2, 0) is 20.1 Å². The first-order valence-corrected chi connectivity index (χ1v) is 23.6. The number of hydrogen-bond donors (Lipinski definition) is 0. The topological polar surface area (TPSA) is 43.9 Å². The van der Waals surface area contributed by atoms with E-state index in [9.17, 15) is 0 Å². The molecule has 1 radical (unpaired) electrons. The van der Waals surface area contributed by atoms with Gasteiger partial charge in [-0.1, -0.05) is 173 Å². The predicted octanol–water partition coefficient (Wildman–Crippen LogP) is 17.1. The summed E-state index contributed by atoms with van der Waals surface area (Å²) in [6.07, 6.45) is 8.37. The van der Waals surface area contributed by atoms with E-state index in [1.165, 1.54) is 65.6 Å². The van der Waals surface area contributed by atoms with Crippen molar-refractivity contribution in [1.82, 2.24) is 14.5 Å². The van der Waals surface area contributed by atoms with Gasteiger partial charge in [-0.2, -0.15) is 0 Å². The van der Waals surface area contributed by atoms with Crippen molar-refractivity contribution in [1.29, 1.82) is 0 Å². The molecule has 1 fully saturated rings. The summed E-state index contributed by atoms with van der Waals surface area (Å²) < 4.78 is 9.17. The molecule has 0 N–H and O–H groups in total. The summed E-state index contributed by atoms with van der Waals surface area (Å²) in [5.41, 5.74) is 16.9. The molecule has 0 bridgehead atoms. The van der Waals surface area contributed by atoms with E-state index in [1.807, 2.05) is 48.5 Å². The van der Waals surface area contributed by atoms with E-state index in [2.05, 4.69) is 177 Å². The molecule has 0 amide bonds. The molecular weight excluding hydrogens is 995 g/mol. The SMILES string of the molecule is CC(C)c1cc(-c2ccccc2)cc(C(C)C)c1-n1c(-c2[c-]c3cc(-c4ccccc4)oc3c(-c3ccc(C4CCCCC4)cc3)c2)nc2ccccc21.[Ir].[c-]1ccccc1-c1ccccn1. The first kappa shape index (κ1) is 45.5. The van der Waals surface area contributed by atoms with Gasteiger partial charge in [-0.3, -0.25) is 4.98 Å². The summed E-state index contributed by atoms with van der Waals surface area (Å²) in [5, 5.41) is 0.948. The fraction of sp³-hybridized carbons (Fsp3) is 0.194. The van der Waals surface area contributed by atoms with Gasteiger partial charge in [0.25, 0.3) is 0 Å². The number of furan rings is 1. The molecule has 11 rings (SSSR count). The Bertz CT molecular complexity index is 3140. The van der Waals surface area contributed by atoms with Crippen molar-refractivity contribution in [2.45, 2.75) is 77.6 Å². The molecule has 0 atom stereocenters. The van der Waals surface area contributed by atoms with Gasteiger partial charge in [0.2, 0.25) is 0 Å². The molecular formula is C62H55IrN3O-2. The molecule has 0 unspecified atom stereocenters. The molecule has 1 saturated carbocycles. The van der Waals surface area contributed by atoms with Gasteiger partial charge in [0, 0.05) is 37.6 Å². The van der Waals surface area contributed by atoms with E-state index in [4.69, 9.17) is 9.40 Å². The van der Waals surface area contributed by atoms with Crippen LogP contribution in [0, 0.1) is 12.1 Å². The minimum Gasteiger partial charge on any atom is -0.499 e. The van der Waals surface area contributed by atoms with Crippen LogP contribution in [-0.4, -0.2) is 14.5 Å². The van der Waals surface area contributed by atoms with Gasteiger partial charge in [-0.05, 0) is 106 Å². The van der Waals surface area contributed by atoms with Gasteiger partial charge in [-0.15, -0.1) is 48.0 Å². The Kier molecular flexibility index (Phi) is 13.9. The third-order valence-electron chi connectivity index (χ3n) is 13.1. The summed E-state index contributed by atoms with van der Waals surface area (Å²) in [7, 11) is 0. The minimum absolute atomic E-state index is 0. The van der Waals surface area contributed by atoms with Crippen molar-refractivity contribution in [2.24, 2.45) is 0 Å². The summed E-state index contributed by atoms with van der Waals surface area (Å²) in [6.45, 7) is 9.22. The summed E-state index contributed by atoms with van der Waals surface area (Å²) in [5.74, 6) is 2.94. The third kappa shape index (κ3) is 9.63. The Morgan fingerprint density at radius 1 is 0.597 bits per heavy atom. The molecule has 1 aliphatic rings. The number of benzene rings is 7. The maximum Gasteiger partial charge on any atom is 0.0914 e. The normalized spacial score (nSPS) is 12.9. The number of hydrogen-bond acceptors (Lipinski definition) is 3. The van der Waals surface area contributed by atoms with Crippen LogP contribution in [0.15, 0.2) is 187 Å². The predicted molar refractivity (Wildman–Crippen MR) is 274 cm³/mol. The molecule has 67 heavy (non-hydrogen) atoms. The molecule has 4 nitrogen and oxygen atoms in total. The van der Waals surface area contributed by atoms with Crippen LogP contribution in [0.2, 0.25) is 0 Å². The van der Waals surface area contributed by atoms with Gasteiger partial charge in [0.15, 0.2) is 0 Å². The van der Waals surface area contributed by atoms with Crippen molar-refractivity contribution in [2.75, 3.05) is 0 Å². The molecule has 0 spiro atoms. The minimum atomic E-state index is 0. The van der Waals surface area contributed by atoms with Crippen molar-refractivity contribution in [3.05, 3.63) is 211 Å². The molecule has 3 heterocycles. The number of fused-ring (bicyclic) bond motifs is 2. The van der Waals surface area contributed by atoms with E-state index < -0.39 is 0 Å². The van der Waals surface area contributed by atoms with Crippen LogP contribution in [0.25, 0.3) is 83.9 Å². The fourth-order valence-corrected chi connectivity index (χ4v) is 9.65. The number of aromatic nitrogens is 3. The summed E-state index contributed by atoms with van der Waals surface area (Å²) in [4.78, 5) is 9.64. The quantitative estimate of drug-likeness (QED) is 0.135. The maximum atomic E-state index is 6.75. The van der Waals surface area contributed by atoms with Crippen LogP contribution in [0.4, 0.5) is 0 Å². The smallest absolute Gasteiger partial charge is 0.0914 e. The average molecular weight is 1050 g/mol.